The second kappa shape index (κ2) is 6.14. The molecule has 0 atom stereocenters. The van der Waals surface area contributed by atoms with E-state index < -0.39 is 10.7 Å². The van der Waals surface area contributed by atoms with Crippen LogP contribution in [0.25, 0.3) is 0 Å². The average molecular weight is 274 g/mol. The van der Waals surface area contributed by atoms with Crippen LogP contribution >= 0.6 is 0 Å². The minimum Gasteiger partial charge on any atom is -0.379 e. The van der Waals surface area contributed by atoms with Crippen LogP contribution in [-0.4, -0.2) is 11.5 Å². The van der Waals surface area contributed by atoms with Crippen LogP contribution in [0.3, 0.4) is 0 Å². The van der Waals surface area contributed by atoms with Crippen LogP contribution in [0.1, 0.15) is 11.1 Å². The van der Waals surface area contributed by atoms with Gasteiger partial charge in [-0.25, -0.2) is 4.39 Å². The van der Waals surface area contributed by atoms with Crippen LogP contribution in [-0.2, 0) is 6.42 Å². The lowest BCUT2D eigenvalue weighted by Gasteiger charge is -2.07. The zero-order chi connectivity index (χ0) is 14.5. The Morgan fingerprint density at radius 1 is 1.25 bits per heavy atom. The van der Waals surface area contributed by atoms with Gasteiger partial charge in [-0.1, -0.05) is 29.8 Å². The maximum Gasteiger partial charge on any atom is 0.295 e. The molecule has 0 amide bonds. The second-order valence-corrected chi connectivity index (χ2v) is 4.58. The number of rotatable bonds is 5. The second-order valence-electron chi connectivity index (χ2n) is 4.58. The van der Waals surface area contributed by atoms with E-state index in [4.69, 9.17) is 0 Å². The fourth-order valence-corrected chi connectivity index (χ4v) is 2.01. The summed E-state index contributed by atoms with van der Waals surface area (Å²) in [7, 11) is 0. The number of halogens is 1. The molecule has 2 rings (SSSR count). The van der Waals surface area contributed by atoms with Crippen molar-refractivity contribution in [2.24, 2.45) is 0 Å². The molecule has 2 aromatic rings. The standard InChI is InChI=1S/C15H15FN2O2/c1-11-3-2-4-12(9-11)7-8-17-14-6-5-13(16)10-15(14)18(19)20/h2-6,9-10,17H,7-8H2,1H3. The van der Waals surface area contributed by atoms with Gasteiger partial charge in [0.1, 0.15) is 11.5 Å². The van der Waals surface area contributed by atoms with E-state index in [0.717, 1.165) is 18.1 Å². The number of anilines is 1. The van der Waals surface area contributed by atoms with Crippen LogP contribution in [0.4, 0.5) is 15.8 Å². The minimum atomic E-state index is -0.610. The highest BCUT2D eigenvalue weighted by Gasteiger charge is 2.14. The maximum absolute atomic E-state index is 13.0. The third-order valence-electron chi connectivity index (χ3n) is 2.97. The van der Waals surface area contributed by atoms with Gasteiger partial charge in [0, 0.05) is 6.54 Å². The first kappa shape index (κ1) is 14.0. The fraction of sp³-hybridized carbons (Fsp3) is 0.200. The van der Waals surface area contributed by atoms with Gasteiger partial charge in [0.15, 0.2) is 0 Å². The molecule has 0 heterocycles. The number of hydrogen-bond donors (Lipinski definition) is 1. The van der Waals surface area contributed by atoms with Crippen molar-refractivity contribution in [2.75, 3.05) is 11.9 Å². The van der Waals surface area contributed by atoms with Gasteiger partial charge in [0.05, 0.1) is 11.0 Å². The normalized spacial score (nSPS) is 10.3. The molecule has 0 saturated carbocycles. The first-order valence-corrected chi connectivity index (χ1v) is 6.29. The molecule has 0 aliphatic carbocycles. The Hall–Kier alpha value is -2.43. The van der Waals surface area contributed by atoms with E-state index in [9.17, 15) is 14.5 Å². The molecular weight excluding hydrogens is 259 g/mol. The Labute approximate surface area is 116 Å². The zero-order valence-electron chi connectivity index (χ0n) is 11.1. The van der Waals surface area contributed by atoms with Gasteiger partial charge in [-0.05, 0) is 31.0 Å². The first-order valence-electron chi connectivity index (χ1n) is 6.29. The summed E-state index contributed by atoms with van der Waals surface area (Å²) in [6.45, 7) is 2.57. The quantitative estimate of drug-likeness (QED) is 0.668. The van der Waals surface area contributed by atoms with Gasteiger partial charge < -0.3 is 5.32 Å². The molecule has 0 saturated heterocycles. The van der Waals surface area contributed by atoms with Crippen LogP contribution in [0.2, 0.25) is 0 Å². The van der Waals surface area contributed by atoms with Gasteiger partial charge in [-0.3, -0.25) is 10.1 Å². The summed E-state index contributed by atoms with van der Waals surface area (Å²) >= 11 is 0. The first-order chi connectivity index (χ1) is 9.56. The summed E-state index contributed by atoms with van der Waals surface area (Å²) in [5.41, 5.74) is 2.43. The summed E-state index contributed by atoms with van der Waals surface area (Å²) in [5, 5.41) is 13.8. The lowest BCUT2D eigenvalue weighted by Crippen LogP contribution is -2.07. The van der Waals surface area contributed by atoms with Crippen molar-refractivity contribution in [1.29, 1.82) is 0 Å². The molecule has 4 nitrogen and oxygen atoms in total. The summed E-state index contributed by atoms with van der Waals surface area (Å²) < 4.78 is 13.0. The van der Waals surface area contributed by atoms with Gasteiger partial charge in [-0.15, -0.1) is 0 Å². The molecule has 0 aliphatic rings. The predicted octanol–water partition coefficient (Wildman–Crippen LogP) is 3.70. The number of nitrogens with zero attached hydrogens (tertiary/aromatic N) is 1. The van der Waals surface area contributed by atoms with Crippen molar-refractivity contribution in [3.63, 3.8) is 0 Å². The van der Waals surface area contributed by atoms with Crippen molar-refractivity contribution in [2.45, 2.75) is 13.3 Å². The lowest BCUT2D eigenvalue weighted by molar-refractivity contribution is -0.384. The van der Waals surface area contributed by atoms with Crippen LogP contribution in [0, 0.1) is 22.9 Å². The molecule has 104 valence electrons. The highest BCUT2D eigenvalue weighted by atomic mass is 19.1. The third kappa shape index (κ3) is 3.54. The highest BCUT2D eigenvalue weighted by molar-refractivity contribution is 5.61. The molecule has 0 fully saturated rings. The SMILES string of the molecule is Cc1cccc(CCNc2ccc(F)cc2[N+](=O)[O-])c1. The Kier molecular flexibility index (Phi) is 4.30. The molecule has 0 bridgehead atoms. The van der Waals surface area contributed by atoms with Gasteiger partial charge in [0.25, 0.3) is 5.69 Å². The van der Waals surface area contributed by atoms with E-state index in [2.05, 4.69) is 11.4 Å². The molecule has 0 unspecified atom stereocenters. The van der Waals surface area contributed by atoms with Crippen LogP contribution < -0.4 is 5.32 Å². The minimum absolute atomic E-state index is 0.241. The van der Waals surface area contributed by atoms with Crippen molar-refractivity contribution in [3.05, 3.63) is 69.5 Å². The van der Waals surface area contributed by atoms with Crippen molar-refractivity contribution >= 4 is 11.4 Å². The summed E-state index contributed by atoms with van der Waals surface area (Å²) in [5.74, 6) is -0.610. The molecule has 2 aromatic carbocycles. The summed E-state index contributed by atoms with van der Waals surface area (Å²) in [6, 6.07) is 11.6. The van der Waals surface area contributed by atoms with E-state index in [1.807, 2.05) is 25.1 Å². The summed E-state index contributed by atoms with van der Waals surface area (Å²) in [6.07, 6.45) is 0.746. The molecule has 0 aliphatic heterocycles. The van der Waals surface area contributed by atoms with Crippen LogP contribution in [0.15, 0.2) is 42.5 Å². The molecule has 0 spiro atoms. The van der Waals surface area contributed by atoms with Crippen LogP contribution in [0.5, 0.6) is 0 Å². The monoisotopic (exact) mass is 274 g/mol. The Morgan fingerprint density at radius 3 is 2.75 bits per heavy atom. The molecule has 20 heavy (non-hydrogen) atoms. The van der Waals surface area contributed by atoms with E-state index in [0.29, 0.717) is 12.2 Å². The van der Waals surface area contributed by atoms with E-state index in [1.165, 1.54) is 17.7 Å². The maximum atomic E-state index is 13.0. The fourth-order valence-electron chi connectivity index (χ4n) is 2.01. The molecule has 0 aromatic heterocycles. The van der Waals surface area contributed by atoms with Crippen molar-refractivity contribution < 1.29 is 9.31 Å². The molecule has 1 N–H and O–H groups in total. The average Bonchev–Trinajstić information content (AvgIpc) is 2.40. The number of benzene rings is 2. The smallest absolute Gasteiger partial charge is 0.295 e. The lowest BCUT2D eigenvalue weighted by atomic mass is 10.1. The summed E-state index contributed by atoms with van der Waals surface area (Å²) in [4.78, 5) is 10.3. The van der Waals surface area contributed by atoms with E-state index in [-0.39, 0.29) is 5.69 Å². The number of hydrogen-bond acceptors (Lipinski definition) is 3. The topological polar surface area (TPSA) is 55.2 Å². The van der Waals surface area contributed by atoms with Gasteiger partial charge in [0.2, 0.25) is 0 Å². The van der Waals surface area contributed by atoms with Crippen molar-refractivity contribution in [3.8, 4) is 0 Å². The molecule has 0 radical (unpaired) electrons. The highest BCUT2D eigenvalue weighted by Crippen LogP contribution is 2.24. The van der Waals surface area contributed by atoms with E-state index in [1.54, 1.807) is 0 Å². The van der Waals surface area contributed by atoms with Gasteiger partial charge in [-0.2, -0.15) is 0 Å². The largest absolute Gasteiger partial charge is 0.379 e. The Morgan fingerprint density at radius 2 is 2.05 bits per heavy atom. The third-order valence-corrected chi connectivity index (χ3v) is 2.97. The van der Waals surface area contributed by atoms with Crippen molar-refractivity contribution in [1.82, 2.24) is 0 Å². The number of nitro benzene ring substituents is 1. The Bertz CT molecular complexity index is 629. The molecule has 5 heteroatoms. The zero-order valence-corrected chi connectivity index (χ0v) is 11.1. The number of aryl methyl sites for hydroxylation is 1. The van der Waals surface area contributed by atoms with E-state index >= 15 is 0 Å². The van der Waals surface area contributed by atoms with Gasteiger partial charge >= 0.3 is 0 Å². The number of nitrogens with one attached hydrogen (secondary N) is 1. The molecular formula is C15H15FN2O2. The number of nitro groups is 1. The Balaban J connectivity index is 2.02. The predicted molar refractivity (Wildman–Crippen MR) is 76.4 cm³/mol.